The number of hydrogen-bond acceptors (Lipinski definition) is 4. The number of nitrogens with one attached hydrogen (secondary N) is 2. The first-order chi connectivity index (χ1) is 13.6. The molecule has 2 amide bonds. The van der Waals surface area contributed by atoms with Gasteiger partial charge in [0.1, 0.15) is 0 Å². The van der Waals surface area contributed by atoms with Crippen LogP contribution in [0.2, 0.25) is 0 Å². The van der Waals surface area contributed by atoms with Crippen molar-refractivity contribution in [3.8, 4) is 0 Å². The largest absolute Gasteiger partial charge is 0.371 e. The number of carbonyl (C=O) groups excluding carboxylic acids is 2. The predicted octanol–water partition coefficient (Wildman–Crippen LogP) is 2.73. The Balaban J connectivity index is 1.32. The van der Waals surface area contributed by atoms with Gasteiger partial charge in [0, 0.05) is 43.8 Å². The van der Waals surface area contributed by atoms with Crippen molar-refractivity contribution in [2.24, 2.45) is 5.92 Å². The molecule has 152 valence electrons. The summed E-state index contributed by atoms with van der Waals surface area (Å²) in [4.78, 5) is 30.6. The number of aryl methyl sites for hydroxylation is 1. The third-order valence-corrected chi connectivity index (χ3v) is 5.73. The number of anilines is 1. The molecule has 0 aromatic carbocycles. The van der Waals surface area contributed by atoms with Gasteiger partial charge in [0.2, 0.25) is 0 Å². The van der Waals surface area contributed by atoms with Gasteiger partial charge in [0.05, 0.1) is 0 Å². The first kappa shape index (κ1) is 20.4. The Labute approximate surface area is 167 Å². The van der Waals surface area contributed by atoms with Gasteiger partial charge in [-0.2, -0.15) is 0 Å². The molecule has 1 saturated heterocycles. The van der Waals surface area contributed by atoms with Gasteiger partial charge < -0.3 is 15.5 Å². The van der Waals surface area contributed by atoms with Crippen molar-refractivity contribution in [3.63, 3.8) is 0 Å². The molecule has 6 nitrogen and oxygen atoms in total. The van der Waals surface area contributed by atoms with E-state index in [2.05, 4.69) is 32.7 Å². The summed E-state index contributed by atoms with van der Waals surface area (Å²) in [6, 6.07) is 4.15. The molecule has 1 aliphatic heterocycles. The maximum atomic E-state index is 12.0. The first-order valence-electron chi connectivity index (χ1n) is 10.5. The molecule has 28 heavy (non-hydrogen) atoms. The lowest BCUT2D eigenvalue weighted by atomic mass is 9.96. The van der Waals surface area contributed by atoms with Gasteiger partial charge in [-0.05, 0) is 69.9 Å². The fraction of sp³-hybridized carbons (Fsp3) is 0.591. The maximum absolute atomic E-state index is 12.0. The summed E-state index contributed by atoms with van der Waals surface area (Å²) < 4.78 is 0. The van der Waals surface area contributed by atoms with Crippen molar-refractivity contribution in [1.82, 2.24) is 15.6 Å². The van der Waals surface area contributed by atoms with Crippen LogP contribution in [0.15, 0.2) is 30.0 Å². The standard InChI is InChI=1S/C22H32N4O2/c1-17-15-20(8-12-23-17)26-13-9-19(10-14-26)16-25-22(28)21(27)24-11-7-18-5-3-2-4-6-18/h5,8,12,15,19H,2-4,6-7,9-11,13-14,16H2,1H3,(H,24,27)(H,25,28). The van der Waals surface area contributed by atoms with Crippen molar-refractivity contribution in [3.05, 3.63) is 35.7 Å². The molecule has 2 aliphatic rings. The van der Waals surface area contributed by atoms with E-state index in [1.54, 1.807) is 0 Å². The number of amides is 2. The van der Waals surface area contributed by atoms with Gasteiger partial charge in [-0.3, -0.25) is 14.6 Å². The molecule has 1 aromatic heterocycles. The van der Waals surface area contributed by atoms with Crippen LogP contribution in [0.4, 0.5) is 5.69 Å². The average molecular weight is 385 g/mol. The Morgan fingerprint density at radius 1 is 1.18 bits per heavy atom. The molecule has 2 heterocycles. The lowest BCUT2D eigenvalue weighted by Crippen LogP contribution is -2.44. The Kier molecular flexibility index (Phi) is 7.46. The van der Waals surface area contributed by atoms with Crippen molar-refractivity contribution >= 4 is 17.5 Å². The van der Waals surface area contributed by atoms with Crippen LogP contribution in [-0.4, -0.2) is 43.0 Å². The second-order valence-corrected chi connectivity index (χ2v) is 7.91. The van der Waals surface area contributed by atoms with Crippen LogP contribution in [0.5, 0.6) is 0 Å². The summed E-state index contributed by atoms with van der Waals surface area (Å²) in [6.07, 6.45) is 11.8. The molecule has 2 N–H and O–H groups in total. The normalized spacial score (nSPS) is 17.8. The minimum atomic E-state index is -0.513. The number of rotatable bonds is 6. The average Bonchev–Trinajstić information content (AvgIpc) is 2.73. The number of pyridine rings is 1. The summed E-state index contributed by atoms with van der Waals surface area (Å²) in [5.74, 6) is -0.603. The van der Waals surface area contributed by atoms with Gasteiger partial charge in [0.25, 0.3) is 0 Å². The summed E-state index contributed by atoms with van der Waals surface area (Å²) >= 11 is 0. The molecular weight excluding hydrogens is 352 g/mol. The van der Waals surface area contributed by atoms with E-state index in [1.165, 1.54) is 24.1 Å². The van der Waals surface area contributed by atoms with Crippen molar-refractivity contribution < 1.29 is 9.59 Å². The molecule has 3 rings (SSSR count). The van der Waals surface area contributed by atoms with Gasteiger partial charge in [-0.1, -0.05) is 11.6 Å². The van der Waals surface area contributed by atoms with Crippen LogP contribution in [0.1, 0.15) is 50.6 Å². The number of nitrogens with zero attached hydrogens (tertiary/aromatic N) is 2. The van der Waals surface area contributed by atoms with Crippen LogP contribution >= 0.6 is 0 Å². The van der Waals surface area contributed by atoms with Crippen LogP contribution in [-0.2, 0) is 9.59 Å². The Morgan fingerprint density at radius 2 is 1.96 bits per heavy atom. The molecule has 0 spiro atoms. The monoisotopic (exact) mass is 384 g/mol. The van der Waals surface area contributed by atoms with Crippen LogP contribution < -0.4 is 15.5 Å². The second-order valence-electron chi connectivity index (χ2n) is 7.91. The lowest BCUT2D eigenvalue weighted by molar-refractivity contribution is -0.139. The van der Waals surface area contributed by atoms with Gasteiger partial charge in [0.15, 0.2) is 0 Å². The van der Waals surface area contributed by atoms with E-state index < -0.39 is 11.8 Å². The Hall–Kier alpha value is -2.37. The number of allylic oxidation sites excluding steroid dienone is 1. The van der Waals surface area contributed by atoms with Crippen LogP contribution in [0.3, 0.4) is 0 Å². The third kappa shape index (κ3) is 6.08. The minimum Gasteiger partial charge on any atom is -0.371 e. The van der Waals surface area contributed by atoms with E-state index in [0.29, 0.717) is 19.0 Å². The predicted molar refractivity (Wildman–Crippen MR) is 111 cm³/mol. The fourth-order valence-electron chi connectivity index (χ4n) is 3.99. The van der Waals surface area contributed by atoms with E-state index in [0.717, 1.165) is 50.9 Å². The molecule has 1 aromatic rings. The molecule has 0 bridgehead atoms. The highest BCUT2D eigenvalue weighted by Gasteiger charge is 2.21. The van der Waals surface area contributed by atoms with E-state index in [-0.39, 0.29) is 0 Å². The zero-order chi connectivity index (χ0) is 19.8. The van der Waals surface area contributed by atoms with E-state index in [4.69, 9.17) is 0 Å². The van der Waals surface area contributed by atoms with Gasteiger partial charge in [-0.15, -0.1) is 0 Å². The van der Waals surface area contributed by atoms with Crippen LogP contribution in [0.25, 0.3) is 0 Å². The highest BCUT2D eigenvalue weighted by Crippen LogP contribution is 2.23. The highest BCUT2D eigenvalue weighted by atomic mass is 16.2. The van der Waals surface area contributed by atoms with Crippen LogP contribution in [0, 0.1) is 12.8 Å². The van der Waals surface area contributed by atoms with Crippen molar-refractivity contribution in [2.45, 2.75) is 51.9 Å². The maximum Gasteiger partial charge on any atom is 0.309 e. The molecule has 1 aliphatic carbocycles. The number of piperidine rings is 1. The number of carbonyl (C=O) groups is 2. The SMILES string of the molecule is Cc1cc(N2CCC(CNC(=O)C(=O)NCCC3=CCCCC3)CC2)ccn1. The Morgan fingerprint density at radius 3 is 2.68 bits per heavy atom. The van der Waals surface area contributed by atoms with Gasteiger partial charge in [-0.25, -0.2) is 0 Å². The second kappa shape index (κ2) is 10.2. The van der Waals surface area contributed by atoms with Gasteiger partial charge >= 0.3 is 11.8 Å². The van der Waals surface area contributed by atoms with E-state index in [9.17, 15) is 9.59 Å². The zero-order valence-electron chi connectivity index (χ0n) is 16.9. The zero-order valence-corrected chi connectivity index (χ0v) is 16.9. The quantitative estimate of drug-likeness (QED) is 0.584. The topological polar surface area (TPSA) is 74.3 Å². The molecule has 1 fully saturated rings. The summed E-state index contributed by atoms with van der Waals surface area (Å²) in [5.41, 5.74) is 3.64. The molecular formula is C22H32N4O2. The first-order valence-corrected chi connectivity index (χ1v) is 10.5. The Bertz CT molecular complexity index is 708. The van der Waals surface area contributed by atoms with E-state index >= 15 is 0 Å². The number of hydrogen-bond donors (Lipinski definition) is 2. The summed E-state index contributed by atoms with van der Waals surface area (Å²) in [6.45, 7) is 5.04. The van der Waals surface area contributed by atoms with Crippen molar-refractivity contribution in [1.29, 1.82) is 0 Å². The molecule has 0 saturated carbocycles. The van der Waals surface area contributed by atoms with E-state index in [1.807, 2.05) is 19.2 Å². The molecule has 0 atom stereocenters. The fourth-order valence-corrected chi connectivity index (χ4v) is 3.99. The number of aromatic nitrogens is 1. The third-order valence-electron chi connectivity index (χ3n) is 5.73. The molecule has 0 unspecified atom stereocenters. The smallest absolute Gasteiger partial charge is 0.309 e. The molecule has 6 heteroatoms. The van der Waals surface area contributed by atoms with Crippen molar-refractivity contribution in [2.75, 3.05) is 31.1 Å². The minimum absolute atomic E-state index is 0.420. The highest BCUT2D eigenvalue weighted by molar-refractivity contribution is 6.35. The summed E-state index contributed by atoms with van der Waals surface area (Å²) in [7, 11) is 0. The lowest BCUT2D eigenvalue weighted by Gasteiger charge is -2.33. The summed E-state index contributed by atoms with van der Waals surface area (Å²) in [5, 5.41) is 5.56. The molecule has 0 radical (unpaired) electrons.